The van der Waals surface area contributed by atoms with E-state index >= 15 is 0 Å². The second-order valence-corrected chi connectivity index (χ2v) is 3.93. The molecule has 0 aromatic rings. The molecule has 0 aromatic carbocycles. The van der Waals surface area contributed by atoms with E-state index in [2.05, 4.69) is 10.6 Å². The summed E-state index contributed by atoms with van der Waals surface area (Å²) in [7, 11) is 0. The maximum atomic E-state index is 11.3. The molecular formula is C9H16N2O3. The van der Waals surface area contributed by atoms with E-state index in [0.29, 0.717) is 19.3 Å². The van der Waals surface area contributed by atoms with Crippen LogP contribution in [0.3, 0.4) is 0 Å². The zero-order valence-corrected chi connectivity index (χ0v) is 8.03. The third-order valence-electron chi connectivity index (χ3n) is 2.52. The molecule has 1 aliphatic heterocycles. The van der Waals surface area contributed by atoms with Gasteiger partial charge >= 0.3 is 0 Å². The average molecular weight is 200 g/mol. The van der Waals surface area contributed by atoms with Crippen LogP contribution in [-0.2, 0) is 9.53 Å². The van der Waals surface area contributed by atoms with Gasteiger partial charge in [0.2, 0.25) is 5.91 Å². The molecule has 1 saturated heterocycles. The summed E-state index contributed by atoms with van der Waals surface area (Å²) < 4.78 is 5.05. The van der Waals surface area contributed by atoms with Crippen LogP contribution in [0, 0.1) is 0 Å². The number of aliphatic hydroxyl groups is 1. The summed E-state index contributed by atoms with van der Waals surface area (Å²) >= 11 is 0. The van der Waals surface area contributed by atoms with Crippen molar-refractivity contribution in [2.75, 3.05) is 19.8 Å². The molecule has 80 valence electrons. The van der Waals surface area contributed by atoms with Gasteiger partial charge in [-0.1, -0.05) is 0 Å². The van der Waals surface area contributed by atoms with Crippen LogP contribution in [0.5, 0.6) is 0 Å². The monoisotopic (exact) mass is 200 g/mol. The second kappa shape index (κ2) is 4.25. The summed E-state index contributed by atoms with van der Waals surface area (Å²) in [5.41, 5.74) is 0. The van der Waals surface area contributed by atoms with Crippen LogP contribution in [0.4, 0.5) is 0 Å². The molecule has 2 aliphatic rings. The van der Waals surface area contributed by atoms with Gasteiger partial charge in [-0.2, -0.15) is 0 Å². The largest absolute Gasteiger partial charge is 0.389 e. The van der Waals surface area contributed by atoms with Crippen molar-refractivity contribution in [1.82, 2.24) is 10.6 Å². The Morgan fingerprint density at radius 1 is 1.43 bits per heavy atom. The van der Waals surface area contributed by atoms with Crippen LogP contribution in [0.1, 0.15) is 12.8 Å². The Kier molecular flexibility index (Phi) is 3.00. The second-order valence-electron chi connectivity index (χ2n) is 3.93. The van der Waals surface area contributed by atoms with E-state index in [9.17, 15) is 9.90 Å². The molecule has 5 nitrogen and oxygen atoms in total. The molecule has 0 bridgehead atoms. The van der Waals surface area contributed by atoms with Crippen LogP contribution in [0.15, 0.2) is 0 Å². The zero-order valence-electron chi connectivity index (χ0n) is 8.03. The molecule has 0 aromatic heterocycles. The van der Waals surface area contributed by atoms with Gasteiger partial charge in [-0.25, -0.2) is 0 Å². The van der Waals surface area contributed by atoms with Crippen molar-refractivity contribution in [2.24, 2.45) is 0 Å². The van der Waals surface area contributed by atoms with Crippen molar-refractivity contribution >= 4 is 5.91 Å². The first kappa shape index (κ1) is 9.89. The van der Waals surface area contributed by atoms with Crippen molar-refractivity contribution in [1.29, 1.82) is 0 Å². The van der Waals surface area contributed by atoms with Gasteiger partial charge in [0.05, 0.1) is 31.9 Å². The number of carbonyl (C=O) groups is 1. The zero-order chi connectivity index (χ0) is 9.97. The molecule has 14 heavy (non-hydrogen) atoms. The lowest BCUT2D eigenvalue weighted by atomic mass is 10.2. The van der Waals surface area contributed by atoms with Gasteiger partial charge in [0.1, 0.15) is 0 Å². The first-order chi connectivity index (χ1) is 6.75. The molecule has 3 N–H and O–H groups in total. The van der Waals surface area contributed by atoms with E-state index < -0.39 is 6.10 Å². The first-order valence-electron chi connectivity index (χ1n) is 5.04. The average Bonchev–Trinajstić information content (AvgIpc) is 2.86. The molecule has 2 fully saturated rings. The van der Waals surface area contributed by atoms with E-state index in [4.69, 9.17) is 4.74 Å². The maximum Gasteiger partial charge on any atom is 0.234 e. The Morgan fingerprint density at radius 2 is 2.21 bits per heavy atom. The maximum absolute atomic E-state index is 11.3. The van der Waals surface area contributed by atoms with E-state index in [1.165, 1.54) is 0 Å². The first-order valence-corrected chi connectivity index (χ1v) is 5.04. The standard InChI is InChI=1S/C9H16N2O3/c12-8-5-14-4-7(8)10-3-9(13)11-6-1-2-6/h6-8,10,12H,1-5H2,(H,11,13). The fraction of sp³-hybridized carbons (Fsp3) is 0.889. The molecule has 0 spiro atoms. The smallest absolute Gasteiger partial charge is 0.234 e. The third kappa shape index (κ3) is 2.67. The Hall–Kier alpha value is -0.650. The van der Waals surface area contributed by atoms with Crippen molar-refractivity contribution in [3.63, 3.8) is 0 Å². The molecule has 5 heteroatoms. The number of ether oxygens (including phenoxy) is 1. The van der Waals surface area contributed by atoms with E-state index in [1.807, 2.05) is 0 Å². The Labute approximate surface area is 82.8 Å². The van der Waals surface area contributed by atoms with Gasteiger partial charge in [-0.15, -0.1) is 0 Å². The molecule has 0 radical (unpaired) electrons. The van der Waals surface area contributed by atoms with Gasteiger partial charge in [0.15, 0.2) is 0 Å². The van der Waals surface area contributed by atoms with Crippen LogP contribution in [-0.4, -0.2) is 49.0 Å². The minimum absolute atomic E-state index is 0.00611. The SMILES string of the molecule is O=C(CNC1COCC1O)NC1CC1. The molecule has 1 saturated carbocycles. The number of hydrogen-bond donors (Lipinski definition) is 3. The Balaban J connectivity index is 1.62. The van der Waals surface area contributed by atoms with Gasteiger partial charge in [-0.3, -0.25) is 4.79 Å². The van der Waals surface area contributed by atoms with Crippen molar-refractivity contribution in [3.8, 4) is 0 Å². The predicted molar refractivity (Wildman–Crippen MR) is 49.8 cm³/mol. The van der Waals surface area contributed by atoms with Crippen LogP contribution < -0.4 is 10.6 Å². The highest BCUT2D eigenvalue weighted by Crippen LogP contribution is 2.18. The van der Waals surface area contributed by atoms with E-state index in [1.54, 1.807) is 0 Å². The molecule has 2 atom stereocenters. The highest BCUT2D eigenvalue weighted by Gasteiger charge is 2.27. The number of rotatable bonds is 4. The summed E-state index contributed by atoms with van der Waals surface area (Å²) in [4.78, 5) is 11.3. The number of hydrogen-bond acceptors (Lipinski definition) is 4. The van der Waals surface area contributed by atoms with Gasteiger partial charge in [0, 0.05) is 6.04 Å². The minimum atomic E-state index is -0.483. The fourth-order valence-electron chi connectivity index (χ4n) is 1.47. The van der Waals surface area contributed by atoms with Crippen LogP contribution in [0.2, 0.25) is 0 Å². The van der Waals surface area contributed by atoms with Gasteiger partial charge < -0.3 is 20.5 Å². The lowest BCUT2D eigenvalue weighted by Crippen LogP contribution is -2.44. The molecule has 2 rings (SSSR count). The molecular weight excluding hydrogens is 184 g/mol. The molecule has 2 unspecified atom stereocenters. The molecule has 1 heterocycles. The summed E-state index contributed by atoms with van der Waals surface area (Å²) in [5, 5.41) is 15.2. The van der Waals surface area contributed by atoms with Crippen LogP contribution in [0.25, 0.3) is 0 Å². The molecule has 1 amide bonds. The van der Waals surface area contributed by atoms with Crippen LogP contribution >= 0.6 is 0 Å². The summed E-state index contributed by atoms with van der Waals surface area (Å²) in [6, 6.07) is 0.300. The normalized spacial score (nSPS) is 31.8. The number of amides is 1. The van der Waals surface area contributed by atoms with Crippen molar-refractivity contribution in [3.05, 3.63) is 0 Å². The summed E-state index contributed by atoms with van der Waals surface area (Å²) in [5.74, 6) is 0.00611. The topological polar surface area (TPSA) is 70.6 Å². The summed E-state index contributed by atoms with van der Waals surface area (Å²) in [6.07, 6.45) is 1.71. The number of carbonyl (C=O) groups excluding carboxylic acids is 1. The Bertz CT molecular complexity index is 218. The summed E-state index contributed by atoms with van der Waals surface area (Å²) in [6.45, 7) is 1.11. The quantitative estimate of drug-likeness (QED) is 0.523. The van der Waals surface area contributed by atoms with Gasteiger partial charge in [0.25, 0.3) is 0 Å². The predicted octanol–water partition coefficient (Wildman–Crippen LogP) is -1.39. The number of nitrogens with one attached hydrogen (secondary N) is 2. The van der Waals surface area contributed by atoms with Crippen molar-refractivity contribution < 1.29 is 14.6 Å². The molecule has 1 aliphatic carbocycles. The highest BCUT2D eigenvalue weighted by atomic mass is 16.5. The number of aliphatic hydroxyl groups excluding tert-OH is 1. The van der Waals surface area contributed by atoms with E-state index in [-0.39, 0.29) is 18.5 Å². The van der Waals surface area contributed by atoms with E-state index in [0.717, 1.165) is 12.8 Å². The lowest BCUT2D eigenvalue weighted by Gasteiger charge is -2.13. The highest BCUT2D eigenvalue weighted by molar-refractivity contribution is 5.78. The van der Waals surface area contributed by atoms with Gasteiger partial charge in [-0.05, 0) is 12.8 Å². The minimum Gasteiger partial charge on any atom is -0.389 e. The van der Waals surface area contributed by atoms with Crippen molar-refractivity contribution in [2.45, 2.75) is 31.0 Å². The lowest BCUT2D eigenvalue weighted by molar-refractivity contribution is -0.120. The third-order valence-corrected chi connectivity index (χ3v) is 2.52. The fourth-order valence-corrected chi connectivity index (χ4v) is 1.47. The Morgan fingerprint density at radius 3 is 2.79 bits per heavy atom.